The maximum absolute atomic E-state index is 10.00. The smallest absolute Gasteiger partial charge is 0.141 e. The van der Waals surface area contributed by atoms with E-state index in [9.17, 15) is 10.2 Å². The van der Waals surface area contributed by atoms with Gasteiger partial charge in [0.1, 0.15) is 34.2 Å². The van der Waals surface area contributed by atoms with Crippen LogP contribution in [0.2, 0.25) is 0 Å². The molecule has 0 unspecified atom stereocenters. The molecular formula is C19H15CoN3O2. The SMILES string of the molecule is CN(c1ccc2cccc(O)c2n1)c1ccc2cccc(O)c2n1.[Co]. The number of aromatic nitrogens is 2. The van der Waals surface area contributed by atoms with Crippen molar-refractivity contribution in [2.24, 2.45) is 0 Å². The van der Waals surface area contributed by atoms with E-state index < -0.39 is 0 Å². The van der Waals surface area contributed by atoms with Crippen LogP contribution in [-0.4, -0.2) is 27.2 Å². The van der Waals surface area contributed by atoms with Crippen molar-refractivity contribution in [3.8, 4) is 11.5 Å². The van der Waals surface area contributed by atoms with Crippen molar-refractivity contribution < 1.29 is 27.0 Å². The molecule has 0 bridgehead atoms. The summed E-state index contributed by atoms with van der Waals surface area (Å²) in [5.74, 6) is 1.61. The van der Waals surface area contributed by atoms with Gasteiger partial charge >= 0.3 is 0 Å². The molecule has 0 atom stereocenters. The third-order valence-electron chi connectivity index (χ3n) is 4.06. The minimum Gasteiger partial charge on any atom is -0.506 e. The van der Waals surface area contributed by atoms with Gasteiger partial charge in [0.25, 0.3) is 0 Å². The Labute approximate surface area is 154 Å². The topological polar surface area (TPSA) is 69.5 Å². The molecular weight excluding hydrogens is 361 g/mol. The molecule has 0 amide bonds. The minimum absolute atomic E-state index is 0. The van der Waals surface area contributed by atoms with E-state index in [1.807, 2.05) is 48.3 Å². The van der Waals surface area contributed by atoms with Crippen LogP contribution >= 0.6 is 0 Å². The van der Waals surface area contributed by atoms with E-state index in [2.05, 4.69) is 9.97 Å². The van der Waals surface area contributed by atoms with E-state index >= 15 is 0 Å². The molecule has 5 nitrogen and oxygen atoms in total. The molecule has 0 saturated heterocycles. The van der Waals surface area contributed by atoms with Gasteiger partial charge in [0.05, 0.1) is 0 Å². The molecule has 2 N–H and O–H groups in total. The predicted molar refractivity (Wildman–Crippen MR) is 94.9 cm³/mol. The van der Waals surface area contributed by atoms with Gasteiger partial charge in [0.15, 0.2) is 0 Å². The number of pyridine rings is 2. The average Bonchev–Trinajstić information content (AvgIpc) is 2.61. The summed E-state index contributed by atoms with van der Waals surface area (Å²) < 4.78 is 0. The van der Waals surface area contributed by atoms with Crippen molar-refractivity contribution >= 4 is 33.4 Å². The number of benzene rings is 2. The first kappa shape index (κ1) is 17.0. The number of aromatic hydroxyl groups is 2. The summed E-state index contributed by atoms with van der Waals surface area (Å²) in [4.78, 5) is 10.9. The number of hydrogen-bond acceptors (Lipinski definition) is 5. The molecule has 0 spiro atoms. The van der Waals surface area contributed by atoms with Gasteiger partial charge in [-0.3, -0.25) is 0 Å². The second-order valence-electron chi connectivity index (χ2n) is 5.60. The fraction of sp³-hybridized carbons (Fsp3) is 0.0526. The number of hydrogen-bond donors (Lipinski definition) is 2. The molecule has 4 rings (SSSR count). The molecule has 0 aliphatic rings. The molecule has 6 heteroatoms. The number of para-hydroxylation sites is 2. The fourth-order valence-electron chi connectivity index (χ4n) is 2.73. The molecule has 0 aliphatic carbocycles. The van der Waals surface area contributed by atoms with Crippen molar-refractivity contribution in [3.05, 3.63) is 60.7 Å². The first-order valence-corrected chi connectivity index (χ1v) is 7.55. The summed E-state index contributed by atoms with van der Waals surface area (Å²) in [6.45, 7) is 0. The van der Waals surface area contributed by atoms with Crippen LogP contribution in [0.25, 0.3) is 21.8 Å². The molecule has 2 aromatic heterocycles. The van der Waals surface area contributed by atoms with Crippen molar-refractivity contribution in [3.63, 3.8) is 0 Å². The Balaban J connectivity index is 0.00000182. The van der Waals surface area contributed by atoms with Crippen LogP contribution in [0.1, 0.15) is 0 Å². The molecule has 1 radical (unpaired) electrons. The average molecular weight is 376 g/mol. The van der Waals surface area contributed by atoms with E-state index in [-0.39, 0.29) is 28.3 Å². The number of rotatable bonds is 2. The Morgan fingerprint density at radius 2 is 1.12 bits per heavy atom. The van der Waals surface area contributed by atoms with E-state index in [1.165, 1.54) is 0 Å². The summed E-state index contributed by atoms with van der Waals surface area (Å²) in [5, 5.41) is 21.7. The quantitative estimate of drug-likeness (QED) is 0.554. The molecule has 0 aliphatic heterocycles. The Morgan fingerprint density at radius 1 is 0.680 bits per heavy atom. The molecule has 0 saturated carbocycles. The van der Waals surface area contributed by atoms with Gasteiger partial charge < -0.3 is 15.1 Å². The van der Waals surface area contributed by atoms with E-state index in [4.69, 9.17) is 0 Å². The Kier molecular flexibility index (Phi) is 4.48. The van der Waals surface area contributed by atoms with Crippen LogP contribution in [0.15, 0.2) is 60.7 Å². The predicted octanol–water partition coefficient (Wildman–Crippen LogP) is 3.96. The van der Waals surface area contributed by atoms with Crippen LogP contribution in [0, 0.1) is 0 Å². The summed E-state index contributed by atoms with van der Waals surface area (Å²) in [6, 6.07) is 18.2. The third-order valence-corrected chi connectivity index (χ3v) is 4.06. The normalized spacial score (nSPS) is 10.6. The second kappa shape index (κ2) is 6.58. The third kappa shape index (κ3) is 2.97. The number of phenols is 2. The van der Waals surface area contributed by atoms with Crippen LogP contribution in [-0.2, 0) is 16.8 Å². The van der Waals surface area contributed by atoms with Gasteiger partial charge in [0, 0.05) is 34.6 Å². The molecule has 0 fully saturated rings. The zero-order valence-corrected chi connectivity index (χ0v) is 14.4. The Hall–Kier alpha value is -2.83. The number of nitrogens with zero attached hydrogens (tertiary/aromatic N) is 3. The molecule has 25 heavy (non-hydrogen) atoms. The van der Waals surface area contributed by atoms with Crippen molar-refractivity contribution in [1.29, 1.82) is 0 Å². The van der Waals surface area contributed by atoms with Gasteiger partial charge in [0.2, 0.25) is 0 Å². The standard InChI is InChI=1S/C19H15N3O2.Co/c1-22(16-10-8-12-4-2-6-14(23)18(12)20-16)17-11-9-13-5-3-7-15(24)19(13)21-17;/h2-11,23-24H,1H3;. The zero-order chi connectivity index (χ0) is 16.7. The fourth-order valence-corrected chi connectivity index (χ4v) is 2.73. The number of fused-ring (bicyclic) bond motifs is 2. The first-order valence-electron chi connectivity index (χ1n) is 7.55. The monoisotopic (exact) mass is 376 g/mol. The van der Waals surface area contributed by atoms with Crippen LogP contribution in [0.4, 0.5) is 11.6 Å². The largest absolute Gasteiger partial charge is 0.506 e. The molecule has 127 valence electrons. The zero-order valence-electron chi connectivity index (χ0n) is 13.3. The van der Waals surface area contributed by atoms with Crippen molar-refractivity contribution in [1.82, 2.24) is 9.97 Å². The van der Waals surface area contributed by atoms with Gasteiger partial charge in [-0.25, -0.2) is 9.97 Å². The summed E-state index contributed by atoms with van der Waals surface area (Å²) in [7, 11) is 1.85. The van der Waals surface area contributed by atoms with E-state index in [0.29, 0.717) is 22.7 Å². The molecule has 2 aromatic carbocycles. The van der Waals surface area contributed by atoms with Crippen LogP contribution < -0.4 is 4.90 Å². The summed E-state index contributed by atoms with van der Waals surface area (Å²) >= 11 is 0. The van der Waals surface area contributed by atoms with Crippen LogP contribution in [0.3, 0.4) is 0 Å². The van der Waals surface area contributed by atoms with E-state index in [0.717, 1.165) is 10.8 Å². The maximum Gasteiger partial charge on any atom is 0.141 e. The van der Waals surface area contributed by atoms with Crippen LogP contribution in [0.5, 0.6) is 11.5 Å². The van der Waals surface area contributed by atoms with Gasteiger partial charge in [-0.15, -0.1) is 0 Å². The Bertz CT molecular complexity index is 984. The van der Waals surface area contributed by atoms with Gasteiger partial charge in [-0.2, -0.15) is 0 Å². The second-order valence-corrected chi connectivity index (χ2v) is 5.60. The van der Waals surface area contributed by atoms with Crippen molar-refractivity contribution in [2.75, 3.05) is 11.9 Å². The minimum atomic E-state index is 0. The van der Waals surface area contributed by atoms with Crippen molar-refractivity contribution in [2.45, 2.75) is 0 Å². The molecule has 2 heterocycles. The van der Waals surface area contributed by atoms with Gasteiger partial charge in [-0.1, -0.05) is 24.3 Å². The summed E-state index contributed by atoms with van der Waals surface area (Å²) in [5.41, 5.74) is 1.09. The Morgan fingerprint density at radius 3 is 1.56 bits per heavy atom. The summed E-state index contributed by atoms with van der Waals surface area (Å²) in [6.07, 6.45) is 0. The maximum atomic E-state index is 10.00. The number of anilines is 2. The van der Waals surface area contributed by atoms with E-state index in [1.54, 1.807) is 24.3 Å². The number of phenolic OH excluding ortho intramolecular Hbond substituents is 2. The molecule has 4 aromatic rings. The first-order chi connectivity index (χ1) is 11.6. The van der Waals surface area contributed by atoms with Gasteiger partial charge in [-0.05, 0) is 36.4 Å².